The van der Waals surface area contributed by atoms with Crippen LogP contribution in [0.25, 0.3) is 5.52 Å². The van der Waals surface area contributed by atoms with E-state index in [9.17, 15) is 4.79 Å². The lowest BCUT2D eigenvalue weighted by atomic mass is 10.2. The van der Waals surface area contributed by atoms with Crippen LogP contribution in [0.1, 0.15) is 47.7 Å². The van der Waals surface area contributed by atoms with Crippen LogP contribution in [-0.2, 0) is 0 Å². The molecule has 1 aliphatic rings. The van der Waals surface area contributed by atoms with Crippen LogP contribution in [-0.4, -0.2) is 15.2 Å². The fourth-order valence-corrected chi connectivity index (χ4v) is 2.21. The number of hydrogen-bond acceptors (Lipinski definition) is 2. The van der Waals surface area contributed by atoms with Gasteiger partial charge in [0.25, 0.3) is 0 Å². The highest BCUT2D eigenvalue weighted by Gasteiger charge is 2.29. The molecule has 3 nitrogen and oxygen atoms in total. The maximum Gasteiger partial charge on any atom is 0.176 e. The SMILES string of the molecule is CC(=O)c1cccc2c(C)nc(C3CC3)n12. The summed E-state index contributed by atoms with van der Waals surface area (Å²) in [5.74, 6) is 1.73. The first-order valence-corrected chi connectivity index (χ1v) is 5.67. The van der Waals surface area contributed by atoms with Gasteiger partial charge in [-0.05, 0) is 31.9 Å². The van der Waals surface area contributed by atoms with Crippen molar-refractivity contribution in [2.45, 2.75) is 32.6 Å². The summed E-state index contributed by atoms with van der Waals surface area (Å²) in [6.45, 7) is 3.62. The van der Waals surface area contributed by atoms with Crippen molar-refractivity contribution < 1.29 is 4.79 Å². The van der Waals surface area contributed by atoms with Crippen LogP contribution in [0.2, 0.25) is 0 Å². The van der Waals surface area contributed by atoms with Crippen molar-refractivity contribution >= 4 is 11.3 Å². The molecule has 0 radical (unpaired) electrons. The van der Waals surface area contributed by atoms with Crippen molar-refractivity contribution in [3.8, 4) is 0 Å². The van der Waals surface area contributed by atoms with Crippen molar-refractivity contribution in [1.82, 2.24) is 9.38 Å². The Labute approximate surface area is 94.1 Å². The summed E-state index contributed by atoms with van der Waals surface area (Å²) >= 11 is 0. The Morgan fingerprint density at radius 1 is 1.44 bits per heavy atom. The van der Waals surface area contributed by atoms with E-state index in [0.29, 0.717) is 5.92 Å². The van der Waals surface area contributed by atoms with Gasteiger partial charge in [-0.25, -0.2) is 4.98 Å². The number of Topliss-reactive ketones (excluding diaryl/α,β-unsaturated/α-hetero) is 1. The highest BCUT2D eigenvalue weighted by molar-refractivity contribution is 5.93. The third-order valence-corrected chi connectivity index (χ3v) is 3.18. The first-order valence-electron chi connectivity index (χ1n) is 5.67. The van der Waals surface area contributed by atoms with Crippen LogP contribution in [0.5, 0.6) is 0 Å². The van der Waals surface area contributed by atoms with E-state index in [-0.39, 0.29) is 5.78 Å². The summed E-state index contributed by atoms with van der Waals surface area (Å²) < 4.78 is 2.04. The molecule has 1 fully saturated rings. The third-order valence-electron chi connectivity index (χ3n) is 3.18. The van der Waals surface area contributed by atoms with Gasteiger partial charge in [0.1, 0.15) is 5.82 Å². The Bertz CT molecular complexity index is 579. The molecule has 0 bridgehead atoms. The molecule has 3 rings (SSSR count). The van der Waals surface area contributed by atoms with Gasteiger partial charge in [0.15, 0.2) is 5.78 Å². The predicted molar refractivity (Wildman–Crippen MR) is 61.9 cm³/mol. The molecule has 82 valence electrons. The molecule has 3 heteroatoms. The molecule has 0 aromatic carbocycles. The smallest absolute Gasteiger partial charge is 0.176 e. The second-order valence-corrected chi connectivity index (χ2v) is 4.52. The van der Waals surface area contributed by atoms with Crippen LogP contribution in [0.15, 0.2) is 18.2 Å². The Morgan fingerprint density at radius 3 is 2.81 bits per heavy atom. The van der Waals surface area contributed by atoms with E-state index >= 15 is 0 Å². The number of pyridine rings is 1. The standard InChI is InChI=1S/C13H14N2O/c1-8-11-4-3-5-12(9(2)16)15(11)13(14-8)10-6-7-10/h3-5,10H,6-7H2,1-2H3. The van der Waals surface area contributed by atoms with Gasteiger partial charge in [-0.1, -0.05) is 6.07 Å². The average Bonchev–Trinajstić information content (AvgIpc) is 3.04. The number of aryl methyl sites for hydroxylation is 1. The first-order chi connectivity index (χ1) is 7.68. The molecule has 0 amide bonds. The summed E-state index contributed by atoms with van der Waals surface area (Å²) in [6, 6.07) is 5.83. The van der Waals surface area contributed by atoms with Gasteiger partial charge >= 0.3 is 0 Å². The summed E-state index contributed by atoms with van der Waals surface area (Å²) in [5, 5.41) is 0. The van der Waals surface area contributed by atoms with Crippen LogP contribution in [0.4, 0.5) is 0 Å². The van der Waals surface area contributed by atoms with E-state index in [0.717, 1.165) is 22.7 Å². The van der Waals surface area contributed by atoms with Crippen LogP contribution in [0.3, 0.4) is 0 Å². The number of ketones is 1. The van der Waals surface area contributed by atoms with Gasteiger partial charge in [0.05, 0.1) is 16.9 Å². The van der Waals surface area contributed by atoms with Gasteiger partial charge in [0.2, 0.25) is 0 Å². The molecule has 2 aromatic rings. The minimum atomic E-state index is 0.102. The molecular weight excluding hydrogens is 200 g/mol. The molecule has 2 aromatic heterocycles. The Balaban J connectivity index is 2.38. The number of carbonyl (C=O) groups excluding carboxylic acids is 1. The number of carbonyl (C=O) groups is 1. The van der Waals surface area contributed by atoms with E-state index in [1.54, 1.807) is 6.92 Å². The number of rotatable bonds is 2. The molecule has 0 N–H and O–H groups in total. The highest BCUT2D eigenvalue weighted by atomic mass is 16.1. The molecule has 1 saturated carbocycles. The Hall–Kier alpha value is -1.64. The van der Waals surface area contributed by atoms with Gasteiger partial charge in [-0.2, -0.15) is 0 Å². The molecule has 0 spiro atoms. The Morgan fingerprint density at radius 2 is 2.19 bits per heavy atom. The van der Waals surface area contributed by atoms with Crippen molar-refractivity contribution in [2.24, 2.45) is 0 Å². The summed E-state index contributed by atoms with van der Waals surface area (Å²) in [6.07, 6.45) is 2.40. The first kappa shape index (κ1) is 9.58. The number of hydrogen-bond donors (Lipinski definition) is 0. The van der Waals surface area contributed by atoms with Crippen LogP contribution < -0.4 is 0 Å². The topological polar surface area (TPSA) is 34.4 Å². The number of fused-ring (bicyclic) bond motifs is 1. The molecule has 1 aliphatic carbocycles. The minimum Gasteiger partial charge on any atom is -0.293 e. The minimum absolute atomic E-state index is 0.102. The zero-order valence-corrected chi connectivity index (χ0v) is 9.53. The third kappa shape index (κ3) is 1.28. The molecule has 0 aliphatic heterocycles. The zero-order valence-electron chi connectivity index (χ0n) is 9.53. The average molecular weight is 214 g/mol. The second kappa shape index (κ2) is 3.17. The number of nitrogens with zero attached hydrogens (tertiary/aromatic N) is 2. The maximum atomic E-state index is 11.6. The lowest BCUT2D eigenvalue weighted by Gasteiger charge is -2.04. The second-order valence-electron chi connectivity index (χ2n) is 4.52. The van der Waals surface area contributed by atoms with E-state index in [1.807, 2.05) is 29.5 Å². The van der Waals surface area contributed by atoms with E-state index < -0.39 is 0 Å². The Kier molecular flexibility index (Phi) is 1.90. The van der Waals surface area contributed by atoms with Crippen LogP contribution in [0, 0.1) is 6.92 Å². The van der Waals surface area contributed by atoms with E-state index in [2.05, 4.69) is 4.98 Å². The summed E-state index contributed by atoms with van der Waals surface area (Å²) in [5.41, 5.74) is 2.83. The molecule has 0 atom stereocenters. The van der Waals surface area contributed by atoms with Crippen molar-refractivity contribution in [2.75, 3.05) is 0 Å². The van der Waals surface area contributed by atoms with E-state index in [4.69, 9.17) is 0 Å². The number of imidazole rings is 1. The summed E-state index contributed by atoms with van der Waals surface area (Å²) in [7, 11) is 0. The normalized spacial score (nSPS) is 15.6. The van der Waals surface area contributed by atoms with Crippen LogP contribution >= 0.6 is 0 Å². The van der Waals surface area contributed by atoms with Gasteiger partial charge in [-0.3, -0.25) is 9.20 Å². The quantitative estimate of drug-likeness (QED) is 0.720. The zero-order chi connectivity index (χ0) is 11.3. The fourth-order valence-electron chi connectivity index (χ4n) is 2.21. The van der Waals surface area contributed by atoms with Gasteiger partial charge < -0.3 is 0 Å². The predicted octanol–water partition coefficient (Wildman–Crippen LogP) is 2.72. The largest absolute Gasteiger partial charge is 0.293 e. The number of aromatic nitrogens is 2. The molecule has 2 heterocycles. The van der Waals surface area contributed by atoms with Gasteiger partial charge in [-0.15, -0.1) is 0 Å². The molecule has 16 heavy (non-hydrogen) atoms. The van der Waals surface area contributed by atoms with E-state index in [1.165, 1.54) is 12.8 Å². The monoisotopic (exact) mass is 214 g/mol. The van der Waals surface area contributed by atoms with Crippen molar-refractivity contribution in [3.05, 3.63) is 35.4 Å². The van der Waals surface area contributed by atoms with Crippen molar-refractivity contribution in [3.63, 3.8) is 0 Å². The molecular formula is C13H14N2O. The molecule has 0 saturated heterocycles. The van der Waals surface area contributed by atoms with Crippen molar-refractivity contribution in [1.29, 1.82) is 0 Å². The molecule has 0 unspecified atom stereocenters. The lowest BCUT2D eigenvalue weighted by Crippen LogP contribution is -2.04. The maximum absolute atomic E-state index is 11.6. The van der Waals surface area contributed by atoms with Gasteiger partial charge in [0, 0.05) is 12.8 Å². The highest BCUT2D eigenvalue weighted by Crippen LogP contribution is 2.40. The lowest BCUT2D eigenvalue weighted by molar-refractivity contribution is 0.101. The summed E-state index contributed by atoms with van der Waals surface area (Å²) in [4.78, 5) is 16.2. The fraction of sp³-hybridized carbons (Fsp3) is 0.385.